The molecule has 0 aromatic carbocycles. The first-order valence-electron chi connectivity index (χ1n) is 7.33. The highest BCUT2D eigenvalue weighted by atomic mass is 32.2. The lowest BCUT2D eigenvalue weighted by atomic mass is 10.3. The number of thiophene rings is 2. The molecule has 0 bridgehead atoms. The van der Waals surface area contributed by atoms with Gasteiger partial charge >= 0.3 is 11.8 Å². The van der Waals surface area contributed by atoms with Crippen LogP contribution in [0.2, 0.25) is 0 Å². The lowest BCUT2D eigenvalue weighted by molar-refractivity contribution is -0.139. The van der Waals surface area contributed by atoms with E-state index in [2.05, 4.69) is 10.6 Å². The van der Waals surface area contributed by atoms with Crippen LogP contribution in [0.1, 0.15) is 23.5 Å². The Morgan fingerprint density at radius 3 is 2.33 bits per heavy atom. The van der Waals surface area contributed by atoms with Crippen molar-refractivity contribution in [1.82, 2.24) is 10.6 Å². The van der Waals surface area contributed by atoms with Gasteiger partial charge in [0.05, 0.1) is 0 Å². The molecule has 24 heavy (non-hydrogen) atoms. The van der Waals surface area contributed by atoms with E-state index < -0.39 is 26.9 Å². The third-order valence-corrected chi connectivity index (χ3v) is 7.85. The molecule has 0 unspecified atom stereocenters. The van der Waals surface area contributed by atoms with E-state index in [4.69, 9.17) is 0 Å². The first-order chi connectivity index (χ1) is 11.5. The van der Waals surface area contributed by atoms with Crippen LogP contribution >= 0.6 is 22.7 Å². The molecular formula is C15H18N2O4S3. The second-order valence-corrected chi connectivity index (χ2v) is 9.23. The third kappa shape index (κ3) is 4.43. The van der Waals surface area contributed by atoms with Crippen molar-refractivity contribution in [3.8, 4) is 0 Å². The zero-order chi connectivity index (χ0) is 17.6. The van der Waals surface area contributed by atoms with Crippen molar-refractivity contribution in [3.63, 3.8) is 0 Å². The average molecular weight is 387 g/mol. The van der Waals surface area contributed by atoms with Crippen molar-refractivity contribution in [2.24, 2.45) is 0 Å². The van der Waals surface area contributed by atoms with Gasteiger partial charge in [0.1, 0.15) is 9.46 Å². The molecule has 6 nitrogen and oxygen atoms in total. The molecule has 0 saturated carbocycles. The van der Waals surface area contributed by atoms with Gasteiger partial charge in [0.25, 0.3) is 0 Å². The first-order valence-corrected chi connectivity index (χ1v) is 10.6. The number of rotatable bonds is 7. The summed E-state index contributed by atoms with van der Waals surface area (Å²) in [5, 5.41) is 7.44. The molecule has 0 spiro atoms. The number of amides is 2. The minimum absolute atomic E-state index is 0.154. The molecule has 0 saturated heterocycles. The maximum Gasteiger partial charge on any atom is 0.309 e. The van der Waals surface area contributed by atoms with E-state index in [1.165, 1.54) is 17.4 Å². The number of carbonyl (C=O) groups is 2. The van der Waals surface area contributed by atoms with Crippen molar-refractivity contribution >= 4 is 44.3 Å². The highest BCUT2D eigenvalue weighted by molar-refractivity contribution is 7.93. The standard InChI is InChI=1S/C15H18N2O4S3/c1-2-7-16-14(18)15(19)17-10-12(11-5-3-8-22-11)24(20,21)13-6-4-9-23-13/h3-6,8-9,12H,2,7,10H2,1H3,(H,16,18)(H,17,19)/t12-/m0/s1. The maximum atomic E-state index is 12.8. The Kier molecular flexibility index (Phi) is 6.52. The Labute approximate surface area is 148 Å². The van der Waals surface area contributed by atoms with Gasteiger partial charge in [-0.15, -0.1) is 22.7 Å². The van der Waals surface area contributed by atoms with E-state index in [0.29, 0.717) is 17.8 Å². The molecule has 2 aromatic rings. The molecule has 1 atom stereocenters. The largest absolute Gasteiger partial charge is 0.348 e. The van der Waals surface area contributed by atoms with Crippen molar-refractivity contribution in [2.75, 3.05) is 13.1 Å². The monoisotopic (exact) mass is 386 g/mol. The fourth-order valence-electron chi connectivity index (χ4n) is 1.99. The van der Waals surface area contributed by atoms with E-state index in [1.54, 1.807) is 29.0 Å². The molecule has 2 amide bonds. The van der Waals surface area contributed by atoms with Crippen molar-refractivity contribution in [1.29, 1.82) is 0 Å². The van der Waals surface area contributed by atoms with Gasteiger partial charge in [0, 0.05) is 18.0 Å². The summed E-state index contributed by atoms with van der Waals surface area (Å²) in [4.78, 5) is 24.1. The zero-order valence-electron chi connectivity index (χ0n) is 13.0. The Morgan fingerprint density at radius 2 is 1.75 bits per heavy atom. The van der Waals surface area contributed by atoms with E-state index in [0.717, 1.165) is 11.3 Å². The van der Waals surface area contributed by atoms with Gasteiger partial charge in [-0.1, -0.05) is 19.1 Å². The number of nitrogens with one attached hydrogen (secondary N) is 2. The van der Waals surface area contributed by atoms with Crippen LogP contribution in [0.3, 0.4) is 0 Å². The predicted octanol–water partition coefficient (Wildman–Crippen LogP) is 1.97. The van der Waals surface area contributed by atoms with Gasteiger partial charge in [-0.25, -0.2) is 8.42 Å². The quantitative estimate of drug-likeness (QED) is 0.712. The van der Waals surface area contributed by atoms with Crippen LogP contribution in [0.4, 0.5) is 0 Å². The SMILES string of the molecule is CCCNC(=O)C(=O)NC[C@@H](c1cccs1)S(=O)(=O)c1cccs1. The van der Waals surface area contributed by atoms with Crippen molar-refractivity contribution in [2.45, 2.75) is 22.8 Å². The average Bonchev–Trinajstić information content (AvgIpc) is 3.25. The fourth-order valence-corrected chi connectivity index (χ4v) is 5.98. The Bertz CT molecular complexity index is 768. The highest BCUT2D eigenvalue weighted by Gasteiger charge is 2.31. The van der Waals surface area contributed by atoms with Gasteiger partial charge in [-0.2, -0.15) is 0 Å². The van der Waals surface area contributed by atoms with Crippen LogP contribution in [0.5, 0.6) is 0 Å². The molecule has 0 aliphatic rings. The zero-order valence-corrected chi connectivity index (χ0v) is 15.5. The second kappa shape index (κ2) is 8.41. The summed E-state index contributed by atoms with van der Waals surface area (Å²) in [6.45, 7) is 2.12. The smallest absolute Gasteiger partial charge is 0.309 e. The van der Waals surface area contributed by atoms with Crippen LogP contribution in [-0.2, 0) is 19.4 Å². The van der Waals surface area contributed by atoms with Crippen LogP contribution in [0.25, 0.3) is 0 Å². The molecule has 130 valence electrons. The predicted molar refractivity (Wildman–Crippen MR) is 94.9 cm³/mol. The molecule has 0 radical (unpaired) electrons. The maximum absolute atomic E-state index is 12.8. The lowest BCUT2D eigenvalue weighted by Gasteiger charge is -2.16. The topological polar surface area (TPSA) is 92.3 Å². The number of carbonyl (C=O) groups excluding carboxylic acids is 2. The summed E-state index contributed by atoms with van der Waals surface area (Å²) in [7, 11) is -3.64. The summed E-state index contributed by atoms with van der Waals surface area (Å²) < 4.78 is 25.9. The third-order valence-electron chi connectivity index (χ3n) is 3.20. The van der Waals surface area contributed by atoms with Gasteiger partial charge in [-0.05, 0) is 29.3 Å². The summed E-state index contributed by atoms with van der Waals surface area (Å²) in [5.41, 5.74) is 0. The molecule has 9 heteroatoms. The summed E-state index contributed by atoms with van der Waals surface area (Å²) in [5.74, 6) is -1.58. The van der Waals surface area contributed by atoms with Gasteiger partial charge in [-0.3, -0.25) is 9.59 Å². The second-order valence-electron chi connectivity index (χ2n) is 4.95. The molecule has 0 fully saturated rings. The molecule has 0 aliphatic heterocycles. The lowest BCUT2D eigenvalue weighted by Crippen LogP contribution is -2.42. The number of hydrogen-bond donors (Lipinski definition) is 2. The number of hydrogen-bond acceptors (Lipinski definition) is 6. The summed E-state index contributed by atoms with van der Waals surface area (Å²) in [6, 6.07) is 6.67. The molecule has 2 aromatic heterocycles. The van der Waals surface area contributed by atoms with E-state index in [-0.39, 0.29) is 10.8 Å². The number of sulfone groups is 1. The van der Waals surface area contributed by atoms with Crippen LogP contribution < -0.4 is 10.6 Å². The van der Waals surface area contributed by atoms with E-state index in [9.17, 15) is 18.0 Å². The Hall–Kier alpha value is -1.71. The minimum atomic E-state index is -3.64. The summed E-state index contributed by atoms with van der Waals surface area (Å²) >= 11 is 2.43. The van der Waals surface area contributed by atoms with Crippen molar-refractivity contribution < 1.29 is 18.0 Å². The van der Waals surface area contributed by atoms with Crippen LogP contribution in [0.15, 0.2) is 39.2 Å². The highest BCUT2D eigenvalue weighted by Crippen LogP contribution is 2.33. The fraction of sp³-hybridized carbons (Fsp3) is 0.333. The molecular weight excluding hydrogens is 368 g/mol. The first kappa shape index (κ1) is 18.6. The van der Waals surface area contributed by atoms with Gasteiger partial charge in [0.2, 0.25) is 0 Å². The Balaban J connectivity index is 2.14. The minimum Gasteiger partial charge on any atom is -0.348 e. The molecule has 2 N–H and O–H groups in total. The van der Waals surface area contributed by atoms with Crippen molar-refractivity contribution in [3.05, 3.63) is 39.9 Å². The van der Waals surface area contributed by atoms with Gasteiger partial charge in [0.15, 0.2) is 9.84 Å². The van der Waals surface area contributed by atoms with Crippen LogP contribution in [0, 0.1) is 0 Å². The van der Waals surface area contributed by atoms with E-state index >= 15 is 0 Å². The molecule has 2 heterocycles. The molecule has 2 rings (SSSR count). The Morgan fingerprint density at radius 1 is 1.08 bits per heavy atom. The molecule has 0 aliphatic carbocycles. The normalized spacial score (nSPS) is 12.5. The van der Waals surface area contributed by atoms with E-state index in [1.807, 2.05) is 6.92 Å². The summed E-state index contributed by atoms with van der Waals surface area (Å²) in [6.07, 6.45) is 0.712. The van der Waals surface area contributed by atoms with Gasteiger partial charge < -0.3 is 10.6 Å². The van der Waals surface area contributed by atoms with Crippen LogP contribution in [-0.4, -0.2) is 33.3 Å².